The van der Waals surface area contributed by atoms with Gasteiger partial charge in [0, 0.05) is 44.1 Å². The Morgan fingerprint density at radius 1 is 1.23 bits per heavy atom. The highest BCUT2D eigenvalue weighted by Crippen LogP contribution is 2.21. The summed E-state index contributed by atoms with van der Waals surface area (Å²) < 4.78 is 13.0. The Morgan fingerprint density at radius 2 is 1.96 bits per heavy atom. The molecule has 1 aliphatic heterocycles. The Labute approximate surface area is 154 Å². The molecule has 1 amide bonds. The van der Waals surface area contributed by atoms with Crippen LogP contribution in [0.4, 0.5) is 0 Å². The lowest BCUT2D eigenvalue weighted by Crippen LogP contribution is -2.44. The highest BCUT2D eigenvalue weighted by Gasteiger charge is 2.25. The number of aromatic nitrogens is 1. The second-order valence-corrected chi connectivity index (χ2v) is 6.38. The van der Waals surface area contributed by atoms with Crippen molar-refractivity contribution in [1.29, 1.82) is 0 Å². The number of morpholine rings is 1. The van der Waals surface area contributed by atoms with Crippen molar-refractivity contribution < 1.29 is 14.3 Å². The molecule has 1 fully saturated rings. The Balaban J connectivity index is 1.67. The molecule has 1 aromatic carbocycles. The van der Waals surface area contributed by atoms with Gasteiger partial charge in [-0.1, -0.05) is 0 Å². The van der Waals surface area contributed by atoms with Crippen LogP contribution >= 0.6 is 0 Å². The first kappa shape index (κ1) is 18.5. The van der Waals surface area contributed by atoms with E-state index in [1.165, 1.54) is 5.69 Å². The van der Waals surface area contributed by atoms with E-state index in [0.717, 1.165) is 32.1 Å². The van der Waals surface area contributed by atoms with Gasteiger partial charge in [0.05, 0.1) is 25.9 Å². The molecule has 0 radical (unpaired) electrons. The number of hydrogen-bond acceptors (Lipinski definition) is 4. The van der Waals surface area contributed by atoms with Crippen molar-refractivity contribution in [1.82, 2.24) is 14.8 Å². The van der Waals surface area contributed by atoms with Crippen LogP contribution in [0.3, 0.4) is 0 Å². The average Bonchev–Trinajstić information content (AvgIpc) is 3.09. The van der Waals surface area contributed by atoms with Crippen LogP contribution in [0, 0.1) is 0 Å². The summed E-state index contributed by atoms with van der Waals surface area (Å²) in [5.41, 5.74) is 1.83. The van der Waals surface area contributed by atoms with Gasteiger partial charge in [-0.15, -0.1) is 0 Å². The molecule has 0 unspecified atom stereocenters. The van der Waals surface area contributed by atoms with Crippen molar-refractivity contribution in [3.63, 3.8) is 0 Å². The predicted octanol–water partition coefficient (Wildman–Crippen LogP) is 2.23. The molecule has 6 heteroatoms. The first-order valence-electron chi connectivity index (χ1n) is 9.13. The summed E-state index contributed by atoms with van der Waals surface area (Å²) >= 11 is 0. The number of aryl methyl sites for hydroxylation is 1. The number of carbonyl (C=O) groups excluding carboxylic acids is 1. The molecule has 0 saturated carbocycles. The Bertz CT molecular complexity index is 705. The summed E-state index contributed by atoms with van der Waals surface area (Å²) in [6.45, 7) is 6.31. The maximum absolute atomic E-state index is 12.6. The van der Waals surface area contributed by atoms with E-state index in [2.05, 4.69) is 20.9 Å². The van der Waals surface area contributed by atoms with Gasteiger partial charge >= 0.3 is 0 Å². The third kappa shape index (κ3) is 4.45. The van der Waals surface area contributed by atoms with Crippen LogP contribution in [0.5, 0.6) is 5.75 Å². The summed E-state index contributed by atoms with van der Waals surface area (Å²) in [5.74, 6) is 0.708. The number of rotatable bonds is 7. The average molecular weight is 357 g/mol. The molecule has 1 saturated heterocycles. The molecule has 3 rings (SSSR count). The van der Waals surface area contributed by atoms with Gasteiger partial charge < -0.3 is 19.4 Å². The van der Waals surface area contributed by atoms with Gasteiger partial charge in [-0.3, -0.25) is 9.69 Å². The number of benzene rings is 1. The zero-order chi connectivity index (χ0) is 18.4. The van der Waals surface area contributed by atoms with Crippen LogP contribution in [0.1, 0.15) is 29.0 Å². The molecular weight excluding hydrogens is 330 g/mol. The number of amides is 1. The van der Waals surface area contributed by atoms with Crippen molar-refractivity contribution in [2.24, 2.45) is 7.05 Å². The van der Waals surface area contributed by atoms with E-state index in [0.29, 0.717) is 18.7 Å². The van der Waals surface area contributed by atoms with E-state index < -0.39 is 0 Å². The molecule has 0 bridgehead atoms. The third-order valence-electron chi connectivity index (χ3n) is 4.70. The van der Waals surface area contributed by atoms with E-state index in [1.54, 1.807) is 12.1 Å². The van der Waals surface area contributed by atoms with Gasteiger partial charge in [0.2, 0.25) is 0 Å². The van der Waals surface area contributed by atoms with Crippen LogP contribution in [0.2, 0.25) is 0 Å². The minimum atomic E-state index is -0.0690. The highest BCUT2D eigenvalue weighted by molar-refractivity contribution is 5.94. The zero-order valence-electron chi connectivity index (χ0n) is 15.5. The van der Waals surface area contributed by atoms with Gasteiger partial charge in [-0.2, -0.15) is 0 Å². The second-order valence-electron chi connectivity index (χ2n) is 6.38. The fraction of sp³-hybridized carbons (Fsp3) is 0.450. The predicted molar refractivity (Wildman–Crippen MR) is 100 cm³/mol. The Hall–Kier alpha value is -2.31. The number of nitrogens with one attached hydrogen (secondary N) is 1. The number of ether oxygens (including phenoxy) is 2. The second kappa shape index (κ2) is 8.87. The molecule has 0 aliphatic carbocycles. The molecule has 2 aromatic rings. The summed E-state index contributed by atoms with van der Waals surface area (Å²) in [6, 6.07) is 11.5. The van der Waals surface area contributed by atoms with E-state index in [1.807, 2.05) is 38.4 Å². The number of hydrogen-bond donors (Lipinski definition) is 1. The highest BCUT2D eigenvalue weighted by atomic mass is 16.5. The van der Waals surface area contributed by atoms with Crippen LogP contribution < -0.4 is 10.1 Å². The third-order valence-corrected chi connectivity index (χ3v) is 4.70. The standard InChI is InChI=1S/C20H27N3O3/c1-3-26-17-8-6-16(7-9-17)20(24)21-15-19(18-5-4-10-22(18)2)23-11-13-25-14-12-23/h4-10,19H,3,11-15H2,1-2H3,(H,21,24)/t19-/m1/s1. The van der Waals surface area contributed by atoms with Crippen molar-refractivity contribution in [3.05, 3.63) is 53.9 Å². The normalized spacial score (nSPS) is 16.2. The number of nitrogens with zero attached hydrogens (tertiary/aromatic N) is 2. The van der Waals surface area contributed by atoms with Gasteiger partial charge in [0.1, 0.15) is 5.75 Å². The first-order chi connectivity index (χ1) is 12.7. The smallest absolute Gasteiger partial charge is 0.251 e. The van der Waals surface area contributed by atoms with E-state index in [-0.39, 0.29) is 11.9 Å². The summed E-state index contributed by atoms with van der Waals surface area (Å²) in [6.07, 6.45) is 2.04. The fourth-order valence-electron chi connectivity index (χ4n) is 3.29. The lowest BCUT2D eigenvalue weighted by Gasteiger charge is -2.35. The van der Waals surface area contributed by atoms with E-state index >= 15 is 0 Å². The summed E-state index contributed by atoms with van der Waals surface area (Å²) in [5, 5.41) is 3.09. The molecule has 1 aliphatic rings. The van der Waals surface area contributed by atoms with E-state index in [9.17, 15) is 4.79 Å². The first-order valence-corrected chi connectivity index (χ1v) is 9.13. The molecule has 1 N–H and O–H groups in total. The monoisotopic (exact) mass is 357 g/mol. The van der Waals surface area contributed by atoms with Crippen molar-refractivity contribution >= 4 is 5.91 Å². The van der Waals surface area contributed by atoms with Crippen LogP contribution in [-0.2, 0) is 11.8 Å². The largest absolute Gasteiger partial charge is 0.494 e. The molecular formula is C20H27N3O3. The van der Waals surface area contributed by atoms with Gasteiger partial charge in [-0.05, 0) is 43.3 Å². The maximum atomic E-state index is 12.6. The molecule has 1 aromatic heterocycles. The molecule has 140 valence electrons. The molecule has 2 heterocycles. The zero-order valence-corrected chi connectivity index (χ0v) is 15.5. The summed E-state index contributed by atoms with van der Waals surface area (Å²) in [4.78, 5) is 14.9. The van der Waals surface area contributed by atoms with Crippen molar-refractivity contribution in [2.75, 3.05) is 39.5 Å². The van der Waals surface area contributed by atoms with Crippen LogP contribution in [-0.4, -0.2) is 54.8 Å². The van der Waals surface area contributed by atoms with Gasteiger partial charge in [0.15, 0.2) is 0 Å². The quantitative estimate of drug-likeness (QED) is 0.826. The Kier molecular flexibility index (Phi) is 6.30. The molecule has 0 spiro atoms. The topological polar surface area (TPSA) is 55.7 Å². The van der Waals surface area contributed by atoms with Crippen LogP contribution in [0.15, 0.2) is 42.6 Å². The van der Waals surface area contributed by atoms with Crippen molar-refractivity contribution in [2.45, 2.75) is 13.0 Å². The lowest BCUT2D eigenvalue weighted by atomic mass is 10.1. The molecule has 26 heavy (non-hydrogen) atoms. The van der Waals surface area contributed by atoms with Crippen molar-refractivity contribution in [3.8, 4) is 5.75 Å². The van der Waals surface area contributed by atoms with Gasteiger partial charge in [0.25, 0.3) is 5.91 Å². The minimum Gasteiger partial charge on any atom is -0.494 e. The number of carbonyl (C=O) groups is 1. The molecule has 6 nitrogen and oxygen atoms in total. The SMILES string of the molecule is CCOc1ccc(C(=O)NC[C@H](c2cccn2C)N2CCOCC2)cc1. The Morgan fingerprint density at radius 3 is 2.58 bits per heavy atom. The lowest BCUT2D eigenvalue weighted by molar-refractivity contribution is 0.0148. The fourth-order valence-corrected chi connectivity index (χ4v) is 3.29. The maximum Gasteiger partial charge on any atom is 0.251 e. The molecule has 1 atom stereocenters. The minimum absolute atomic E-state index is 0.0690. The summed E-state index contributed by atoms with van der Waals surface area (Å²) in [7, 11) is 2.04. The van der Waals surface area contributed by atoms with Gasteiger partial charge in [-0.25, -0.2) is 0 Å². The van der Waals surface area contributed by atoms with Crippen LogP contribution in [0.25, 0.3) is 0 Å². The van der Waals surface area contributed by atoms with E-state index in [4.69, 9.17) is 9.47 Å².